The zero-order valence-electron chi connectivity index (χ0n) is 7.74. The molecule has 0 radical (unpaired) electrons. The highest BCUT2D eigenvalue weighted by Gasteiger charge is 2.14. The molecule has 1 aromatic rings. The van der Waals surface area contributed by atoms with Gasteiger partial charge in [0.15, 0.2) is 0 Å². The van der Waals surface area contributed by atoms with Crippen LogP contribution in [-0.2, 0) is 0 Å². The summed E-state index contributed by atoms with van der Waals surface area (Å²) < 4.78 is 0. The molecule has 1 nitrogen and oxygen atoms in total. The lowest BCUT2D eigenvalue weighted by atomic mass is 10.1. The Morgan fingerprint density at radius 3 is 2.62 bits per heavy atom. The van der Waals surface area contributed by atoms with E-state index in [0.29, 0.717) is 6.04 Å². The average Bonchev–Trinajstić information content (AvgIpc) is 2.53. The third kappa shape index (κ3) is 2.19. The van der Waals surface area contributed by atoms with Gasteiger partial charge in [0, 0.05) is 6.04 Å². The molecule has 0 amide bonds. The number of hydrogen-bond acceptors (Lipinski definition) is 1. The highest BCUT2D eigenvalue weighted by atomic mass is 14.6. The quantitative estimate of drug-likeness (QED) is 0.694. The van der Waals surface area contributed by atoms with Crippen molar-refractivity contribution in [1.29, 1.82) is 0 Å². The summed E-state index contributed by atoms with van der Waals surface area (Å²) in [7, 11) is 0. The van der Waals surface area contributed by atoms with Gasteiger partial charge in [-0.2, -0.15) is 0 Å². The molecular weight excluding hydrogens is 158 g/mol. The summed E-state index contributed by atoms with van der Waals surface area (Å²) in [5.74, 6) is 0. The van der Waals surface area contributed by atoms with E-state index in [2.05, 4.69) is 30.3 Å². The molecular formula is C12H15N. The minimum atomic E-state index is 0.398. The van der Waals surface area contributed by atoms with E-state index in [1.54, 1.807) is 0 Å². The van der Waals surface area contributed by atoms with Crippen molar-refractivity contribution in [2.75, 3.05) is 0 Å². The van der Waals surface area contributed by atoms with Crippen molar-refractivity contribution >= 4 is 6.08 Å². The first kappa shape index (κ1) is 8.52. The van der Waals surface area contributed by atoms with E-state index in [4.69, 9.17) is 5.73 Å². The molecule has 0 heterocycles. The standard InChI is InChI=1S/C12H15N/c13-12-7-6-11(9-12)8-10-4-2-1-3-5-10/h1-5,8,12H,6-7,9,13H2. The van der Waals surface area contributed by atoms with Gasteiger partial charge in [0.05, 0.1) is 0 Å². The summed E-state index contributed by atoms with van der Waals surface area (Å²) in [5.41, 5.74) is 8.63. The lowest BCUT2D eigenvalue weighted by Crippen LogP contribution is -2.13. The van der Waals surface area contributed by atoms with Gasteiger partial charge in [-0.05, 0) is 24.8 Å². The molecule has 0 aromatic heterocycles. The summed E-state index contributed by atoms with van der Waals surface area (Å²) in [6.07, 6.45) is 5.68. The van der Waals surface area contributed by atoms with Gasteiger partial charge in [0.1, 0.15) is 0 Å². The maximum Gasteiger partial charge on any atom is 0.00792 e. The molecule has 1 atom stereocenters. The molecule has 0 saturated heterocycles. The molecule has 2 rings (SSSR count). The van der Waals surface area contributed by atoms with Crippen LogP contribution in [0, 0.1) is 0 Å². The highest BCUT2D eigenvalue weighted by molar-refractivity contribution is 5.53. The van der Waals surface area contributed by atoms with Crippen LogP contribution in [0.25, 0.3) is 6.08 Å². The van der Waals surface area contributed by atoms with Crippen molar-refractivity contribution in [1.82, 2.24) is 0 Å². The summed E-state index contributed by atoms with van der Waals surface area (Å²) in [4.78, 5) is 0. The molecule has 1 saturated carbocycles. The Bertz CT molecular complexity index is 300. The largest absolute Gasteiger partial charge is 0.327 e. The molecule has 1 aliphatic carbocycles. The number of nitrogens with two attached hydrogens (primary N) is 1. The molecule has 1 heteroatoms. The lowest BCUT2D eigenvalue weighted by molar-refractivity contribution is 0.711. The van der Waals surface area contributed by atoms with Gasteiger partial charge < -0.3 is 5.73 Å². The van der Waals surface area contributed by atoms with E-state index in [-0.39, 0.29) is 0 Å². The monoisotopic (exact) mass is 173 g/mol. The van der Waals surface area contributed by atoms with Crippen molar-refractivity contribution in [3.8, 4) is 0 Å². The second kappa shape index (κ2) is 3.75. The summed E-state index contributed by atoms with van der Waals surface area (Å²) in [5, 5.41) is 0. The molecule has 1 aromatic carbocycles. The van der Waals surface area contributed by atoms with Crippen LogP contribution in [0.1, 0.15) is 24.8 Å². The first-order valence-electron chi connectivity index (χ1n) is 4.84. The normalized spacial score (nSPS) is 25.3. The van der Waals surface area contributed by atoms with Gasteiger partial charge in [-0.3, -0.25) is 0 Å². The molecule has 1 fully saturated rings. The van der Waals surface area contributed by atoms with Gasteiger partial charge in [-0.25, -0.2) is 0 Å². The van der Waals surface area contributed by atoms with Gasteiger partial charge in [-0.15, -0.1) is 0 Å². The molecule has 0 bridgehead atoms. The summed E-state index contributed by atoms with van der Waals surface area (Å²) in [6, 6.07) is 10.9. The Morgan fingerprint density at radius 2 is 2.00 bits per heavy atom. The fourth-order valence-corrected chi connectivity index (χ4v) is 1.83. The SMILES string of the molecule is NC1CCC(=Cc2ccccc2)C1. The van der Waals surface area contributed by atoms with E-state index < -0.39 is 0 Å². The van der Waals surface area contributed by atoms with Crippen LogP contribution in [-0.4, -0.2) is 6.04 Å². The molecule has 13 heavy (non-hydrogen) atoms. The highest BCUT2D eigenvalue weighted by Crippen LogP contribution is 2.25. The smallest absolute Gasteiger partial charge is 0.00792 e. The van der Waals surface area contributed by atoms with Crippen molar-refractivity contribution in [3.63, 3.8) is 0 Å². The second-order valence-electron chi connectivity index (χ2n) is 3.72. The van der Waals surface area contributed by atoms with Crippen LogP contribution < -0.4 is 5.73 Å². The first-order chi connectivity index (χ1) is 6.34. The third-order valence-electron chi connectivity index (χ3n) is 2.53. The Hall–Kier alpha value is -1.08. The van der Waals surface area contributed by atoms with Crippen LogP contribution in [0.3, 0.4) is 0 Å². The van der Waals surface area contributed by atoms with Crippen LogP contribution in [0.4, 0.5) is 0 Å². The maximum absolute atomic E-state index is 5.84. The second-order valence-corrected chi connectivity index (χ2v) is 3.72. The van der Waals surface area contributed by atoms with E-state index >= 15 is 0 Å². The van der Waals surface area contributed by atoms with Gasteiger partial charge in [-0.1, -0.05) is 42.0 Å². The molecule has 0 aliphatic heterocycles. The van der Waals surface area contributed by atoms with Crippen molar-refractivity contribution in [2.45, 2.75) is 25.3 Å². The number of benzene rings is 1. The van der Waals surface area contributed by atoms with Gasteiger partial charge >= 0.3 is 0 Å². The van der Waals surface area contributed by atoms with Crippen molar-refractivity contribution in [2.24, 2.45) is 5.73 Å². The van der Waals surface area contributed by atoms with Crippen LogP contribution in [0.5, 0.6) is 0 Å². The molecule has 1 aliphatic rings. The predicted molar refractivity (Wildman–Crippen MR) is 56.2 cm³/mol. The first-order valence-corrected chi connectivity index (χ1v) is 4.84. The third-order valence-corrected chi connectivity index (χ3v) is 2.53. The van der Waals surface area contributed by atoms with E-state index in [1.807, 2.05) is 6.07 Å². The summed E-state index contributed by atoms with van der Waals surface area (Å²) >= 11 is 0. The van der Waals surface area contributed by atoms with Gasteiger partial charge in [0.25, 0.3) is 0 Å². The van der Waals surface area contributed by atoms with E-state index in [0.717, 1.165) is 12.8 Å². The van der Waals surface area contributed by atoms with Crippen molar-refractivity contribution < 1.29 is 0 Å². The predicted octanol–water partition coefficient (Wildman–Crippen LogP) is 2.58. The lowest BCUT2D eigenvalue weighted by Gasteiger charge is -1.97. The zero-order chi connectivity index (χ0) is 9.10. The fourth-order valence-electron chi connectivity index (χ4n) is 1.83. The summed E-state index contributed by atoms with van der Waals surface area (Å²) in [6.45, 7) is 0. The van der Waals surface area contributed by atoms with Crippen LogP contribution in [0.15, 0.2) is 35.9 Å². The maximum atomic E-state index is 5.84. The Morgan fingerprint density at radius 1 is 1.23 bits per heavy atom. The minimum Gasteiger partial charge on any atom is -0.327 e. The molecule has 0 spiro atoms. The number of hydrogen-bond donors (Lipinski definition) is 1. The van der Waals surface area contributed by atoms with Crippen LogP contribution in [0.2, 0.25) is 0 Å². The molecule has 1 unspecified atom stereocenters. The molecule has 68 valence electrons. The zero-order valence-corrected chi connectivity index (χ0v) is 7.74. The van der Waals surface area contributed by atoms with Gasteiger partial charge in [0.2, 0.25) is 0 Å². The fraction of sp³-hybridized carbons (Fsp3) is 0.333. The Labute approximate surface area is 79.3 Å². The number of rotatable bonds is 1. The minimum absolute atomic E-state index is 0.398. The van der Waals surface area contributed by atoms with E-state index in [9.17, 15) is 0 Å². The topological polar surface area (TPSA) is 26.0 Å². The van der Waals surface area contributed by atoms with Crippen LogP contribution >= 0.6 is 0 Å². The molecule has 2 N–H and O–H groups in total. The van der Waals surface area contributed by atoms with Crippen molar-refractivity contribution in [3.05, 3.63) is 41.5 Å². The average molecular weight is 173 g/mol. The Balaban J connectivity index is 2.13. The van der Waals surface area contributed by atoms with E-state index in [1.165, 1.54) is 17.6 Å². The Kier molecular flexibility index (Phi) is 2.46.